The first kappa shape index (κ1) is 15.4. The Hall–Kier alpha value is -2.01. The maximum absolute atomic E-state index is 5.81. The molecule has 2 aromatic rings. The third kappa shape index (κ3) is 4.23. The van der Waals surface area contributed by atoms with Crippen molar-refractivity contribution in [3.05, 3.63) is 42.0 Å². The highest BCUT2D eigenvalue weighted by molar-refractivity contribution is 5.43. The number of hydrogen-bond acceptors (Lipinski definition) is 4. The van der Waals surface area contributed by atoms with E-state index in [1.54, 1.807) is 13.3 Å². The molecule has 1 aromatic carbocycles. The molecule has 0 aliphatic carbocycles. The Balaban J connectivity index is 2.04. The monoisotopic (exact) mass is 289 g/mol. The van der Waals surface area contributed by atoms with E-state index in [2.05, 4.69) is 24.1 Å². The molecular formula is C16H23N3O2. The van der Waals surface area contributed by atoms with Gasteiger partial charge in [-0.1, -0.05) is 19.9 Å². The molecule has 2 rings (SSSR count). The molecule has 1 heterocycles. The van der Waals surface area contributed by atoms with Crippen LogP contribution in [-0.2, 0) is 20.2 Å². The van der Waals surface area contributed by atoms with Crippen molar-refractivity contribution in [3.63, 3.8) is 0 Å². The lowest BCUT2D eigenvalue weighted by atomic mass is 10.2. The van der Waals surface area contributed by atoms with E-state index in [-0.39, 0.29) is 0 Å². The van der Waals surface area contributed by atoms with Gasteiger partial charge in [0.2, 0.25) is 0 Å². The van der Waals surface area contributed by atoms with E-state index < -0.39 is 0 Å². The molecule has 0 atom stereocenters. The van der Waals surface area contributed by atoms with Crippen LogP contribution in [0.15, 0.2) is 30.6 Å². The Morgan fingerprint density at radius 3 is 2.71 bits per heavy atom. The van der Waals surface area contributed by atoms with Gasteiger partial charge >= 0.3 is 0 Å². The number of ether oxygens (including phenoxy) is 2. The van der Waals surface area contributed by atoms with Crippen LogP contribution in [0.4, 0.5) is 0 Å². The standard InChI is InChI=1S/C16H23N3O2/c1-12(2)18-10-13-5-6-14(15(9-13)20-4)21-11-16-17-7-8-19(16)3/h5-9,12,18H,10-11H2,1-4H3. The van der Waals surface area contributed by atoms with Gasteiger partial charge in [-0.2, -0.15) is 0 Å². The number of nitrogens with one attached hydrogen (secondary N) is 1. The fourth-order valence-corrected chi connectivity index (χ4v) is 1.94. The zero-order valence-electron chi connectivity index (χ0n) is 13.1. The Morgan fingerprint density at radius 2 is 2.10 bits per heavy atom. The Bertz CT molecular complexity index is 579. The third-order valence-electron chi connectivity index (χ3n) is 3.22. The van der Waals surface area contributed by atoms with Crippen LogP contribution in [0, 0.1) is 0 Å². The van der Waals surface area contributed by atoms with Crippen molar-refractivity contribution in [1.82, 2.24) is 14.9 Å². The summed E-state index contributed by atoms with van der Waals surface area (Å²) in [5, 5.41) is 3.38. The third-order valence-corrected chi connectivity index (χ3v) is 3.22. The molecule has 21 heavy (non-hydrogen) atoms. The van der Waals surface area contributed by atoms with E-state index >= 15 is 0 Å². The summed E-state index contributed by atoms with van der Waals surface area (Å²) < 4.78 is 13.2. The maximum atomic E-state index is 5.81. The Morgan fingerprint density at radius 1 is 1.29 bits per heavy atom. The molecule has 114 valence electrons. The SMILES string of the molecule is COc1cc(CNC(C)C)ccc1OCc1nccn1C. The first-order valence-corrected chi connectivity index (χ1v) is 7.09. The highest BCUT2D eigenvalue weighted by atomic mass is 16.5. The normalized spacial score (nSPS) is 10.9. The summed E-state index contributed by atoms with van der Waals surface area (Å²) in [5.74, 6) is 2.35. The van der Waals surface area contributed by atoms with Crippen molar-refractivity contribution >= 4 is 0 Å². The van der Waals surface area contributed by atoms with Crippen molar-refractivity contribution < 1.29 is 9.47 Å². The molecule has 0 bridgehead atoms. The van der Waals surface area contributed by atoms with E-state index in [0.29, 0.717) is 12.6 Å². The van der Waals surface area contributed by atoms with Crippen LogP contribution in [0.2, 0.25) is 0 Å². The summed E-state index contributed by atoms with van der Waals surface area (Å²) >= 11 is 0. The predicted octanol–water partition coefficient (Wildman–Crippen LogP) is 2.51. The van der Waals surface area contributed by atoms with Crippen LogP contribution in [0.25, 0.3) is 0 Å². The summed E-state index contributed by atoms with van der Waals surface area (Å²) in [4.78, 5) is 4.24. The number of aryl methyl sites for hydroxylation is 1. The lowest BCUT2D eigenvalue weighted by Crippen LogP contribution is -2.21. The van der Waals surface area contributed by atoms with Crippen molar-refractivity contribution in [3.8, 4) is 11.5 Å². The Kier molecular flexibility index (Phi) is 5.22. The molecule has 0 saturated carbocycles. The summed E-state index contributed by atoms with van der Waals surface area (Å²) in [5.41, 5.74) is 1.17. The summed E-state index contributed by atoms with van der Waals surface area (Å²) in [6.45, 7) is 5.49. The molecule has 5 nitrogen and oxygen atoms in total. The molecule has 0 spiro atoms. The van der Waals surface area contributed by atoms with Gasteiger partial charge in [-0.05, 0) is 17.7 Å². The zero-order chi connectivity index (χ0) is 15.2. The topological polar surface area (TPSA) is 48.3 Å². The van der Waals surface area contributed by atoms with Crippen molar-refractivity contribution in [2.75, 3.05) is 7.11 Å². The van der Waals surface area contributed by atoms with Crippen LogP contribution in [0.3, 0.4) is 0 Å². The molecule has 0 unspecified atom stereocenters. The van der Waals surface area contributed by atoms with Gasteiger partial charge in [0.15, 0.2) is 11.5 Å². The second-order valence-corrected chi connectivity index (χ2v) is 5.26. The number of methoxy groups -OCH3 is 1. The minimum absolute atomic E-state index is 0.420. The molecular weight excluding hydrogens is 266 g/mol. The summed E-state index contributed by atoms with van der Waals surface area (Å²) in [6.07, 6.45) is 3.66. The van der Waals surface area contributed by atoms with Gasteiger partial charge < -0.3 is 19.4 Å². The first-order valence-electron chi connectivity index (χ1n) is 7.09. The molecule has 0 amide bonds. The van der Waals surface area contributed by atoms with Crippen LogP contribution >= 0.6 is 0 Å². The van der Waals surface area contributed by atoms with E-state index in [1.165, 1.54) is 5.56 Å². The van der Waals surface area contributed by atoms with Gasteiger partial charge in [0.25, 0.3) is 0 Å². The van der Waals surface area contributed by atoms with Gasteiger partial charge in [0.1, 0.15) is 12.4 Å². The summed E-state index contributed by atoms with van der Waals surface area (Å²) in [6, 6.07) is 6.45. The number of nitrogens with zero attached hydrogens (tertiary/aromatic N) is 2. The van der Waals surface area contributed by atoms with Crippen LogP contribution in [-0.4, -0.2) is 22.7 Å². The molecule has 0 aliphatic heterocycles. The maximum Gasteiger partial charge on any atom is 0.161 e. The van der Waals surface area contributed by atoms with Crippen molar-refractivity contribution in [2.45, 2.75) is 33.0 Å². The van der Waals surface area contributed by atoms with Crippen LogP contribution in [0.5, 0.6) is 11.5 Å². The van der Waals surface area contributed by atoms with Gasteiger partial charge in [0.05, 0.1) is 7.11 Å². The van der Waals surface area contributed by atoms with Crippen LogP contribution in [0.1, 0.15) is 25.2 Å². The van der Waals surface area contributed by atoms with Gasteiger partial charge in [-0.3, -0.25) is 0 Å². The molecule has 0 radical (unpaired) electrons. The molecule has 5 heteroatoms. The zero-order valence-corrected chi connectivity index (χ0v) is 13.1. The van der Waals surface area contributed by atoms with E-state index in [0.717, 1.165) is 23.9 Å². The first-order chi connectivity index (χ1) is 10.1. The Labute approximate surface area is 125 Å². The van der Waals surface area contributed by atoms with Gasteiger partial charge in [0, 0.05) is 32.0 Å². The van der Waals surface area contributed by atoms with Crippen LogP contribution < -0.4 is 14.8 Å². The minimum Gasteiger partial charge on any atom is -0.493 e. The molecule has 1 N–H and O–H groups in total. The predicted molar refractivity (Wildman–Crippen MR) is 82.5 cm³/mol. The second kappa shape index (κ2) is 7.13. The van der Waals surface area contributed by atoms with E-state index in [4.69, 9.17) is 9.47 Å². The van der Waals surface area contributed by atoms with Gasteiger partial charge in [-0.15, -0.1) is 0 Å². The van der Waals surface area contributed by atoms with Crippen molar-refractivity contribution in [1.29, 1.82) is 0 Å². The van der Waals surface area contributed by atoms with E-state index in [1.807, 2.05) is 36.0 Å². The number of imidazole rings is 1. The highest BCUT2D eigenvalue weighted by Gasteiger charge is 2.08. The number of aromatic nitrogens is 2. The molecule has 0 saturated heterocycles. The number of benzene rings is 1. The fourth-order valence-electron chi connectivity index (χ4n) is 1.94. The minimum atomic E-state index is 0.420. The molecule has 1 aromatic heterocycles. The number of rotatable bonds is 7. The lowest BCUT2D eigenvalue weighted by Gasteiger charge is -2.13. The van der Waals surface area contributed by atoms with Gasteiger partial charge in [-0.25, -0.2) is 4.98 Å². The molecule has 0 aliphatic rings. The second-order valence-electron chi connectivity index (χ2n) is 5.26. The smallest absolute Gasteiger partial charge is 0.161 e. The number of hydrogen-bond donors (Lipinski definition) is 1. The average Bonchev–Trinajstić information content (AvgIpc) is 2.88. The fraction of sp³-hybridized carbons (Fsp3) is 0.438. The summed E-state index contributed by atoms with van der Waals surface area (Å²) in [7, 11) is 3.60. The van der Waals surface area contributed by atoms with E-state index in [9.17, 15) is 0 Å². The largest absolute Gasteiger partial charge is 0.493 e. The lowest BCUT2D eigenvalue weighted by molar-refractivity contribution is 0.273. The average molecular weight is 289 g/mol. The molecule has 0 fully saturated rings. The quantitative estimate of drug-likeness (QED) is 0.851. The highest BCUT2D eigenvalue weighted by Crippen LogP contribution is 2.28. The van der Waals surface area contributed by atoms with Crippen molar-refractivity contribution in [2.24, 2.45) is 7.05 Å².